The van der Waals surface area contributed by atoms with Gasteiger partial charge in [-0.05, 0) is 70.3 Å². The van der Waals surface area contributed by atoms with Crippen molar-refractivity contribution in [2.24, 2.45) is 10.9 Å². The molecule has 0 bridgehead atoms. The van der Waals surface area contributed by atoms with Crippen LogP contribution in [0.4, 0.5) is 0 Å². The molecule has 0 radical (unpaired) electrons. The van der Waals surface area contributed by atoms with Gasteiger partial charge in [0, 0.05) is 31.4 Å². The quantitative estimate of drug-likeness (QED) is 0.455. The Kier molecular flexibility index (Phi) is 9.42. The molecule has 0 aromatic heterocycles. The first-order chi connectivity index (χ1) is 14.2. The lowest BCUT2D eigenvalue weighted by Crippen LogP contribution is -2.43. The number of rotatable bonds is 9. The number of nitrogens with one attached hydrogen (secondary N) is 2. The van der Waals surface area contributed by atoms with Crippen molar-refractivity contribution in [1.29, 1.82) is 0 Å². The van der Waals surface area contributed by atoms with Gasteiger partial charge in [-0.1, -0.05) is 12.1 Å². The predicted molar refractivity (Wildman–Crippen MR) is 124 cm³/mol. The largest absolute Gasteiger partial charge is 0.497 e. The lowest BCUT2D eigenvalue weighted by molar-refractivity contribution is 0.125. The fourth-order valence-electron chi connectivity index (χ4n) is 4.00. The van der Waals surface area contributed by atoms with E-state index < -0.39 is 9.84 Å². The SMILES string of the molecule is CCNC(=NCC1CCCN(C)C1c1ccc(OC)cc1)NC(C)CCS(C)(=O)=O. The molecule has 1 fully saturated rings. The molecule has 1 aliphatic heterocycles. The smallest absolute Gasteiger partial charge is 0.191 e. The molecule has 7 nitrogen and oxygen atoms in total. The number of guanidine groups is 1. The molecule has 3 unspecified atom stereocenters. The minimum absolute atomic E-state index is 0.0314. The van der Waals surface area contributed by atoms with Crippen molar-refractivity contribution >= 4 is 15.8 Å². The normalized spacial score (nSPS) is 21.8. The maximum Gasteiger partial charge on any atom is 0.191 e. The lowest BCUT2D eigenvalue weighted by atomic mass is 9.85. The Balaban J connectivity index is 2.08. The fourth-order valence-corrected chi connectivity index (χ4v) is 4.79. The summed E-state index contributed by atoms with van der Waals surface area (Å²) in [5.41, 5.74) is 1.29. The monoisotopic (exact) mass is 438 g/mol. The van der Waals surface area contributed by atoms with E-state index in [1.165, 1.54) is 11.8 Å². The van der Waals surface area contributed by atoms with Crippen LogP contribution < -0.4 is 15.4 Å². The van der Waals surface area contributed by atoms with Crippen LogP contribution in [0.25, 0.3) is 0 Å². The number of benzene rings is 1. The van der Waals surface area contributed by atoms with E-state index in [1.54, 1.807) is 7.11 Å². The van der Waals surface area contributed by atoms with Gasteiger partial charge >= 0.3 is 0 Å². The van der Waals surface area contributed by atoms with Gasteiger partial charge < -0.3 is 15.4 Å². The number of aliphatic imine (C=N–C) groups is 1. The highest BCUT2D eigenvalue weighted by Gasteiger charge is 2.30. The Morgan fingerprint density at radius 2 is 2.03 bits per heavy atom. The molecular weight excluding hydrogens is 400 g/mol. The molecule has 1 heterocycles. The van der Waals surface area contributed by atoms with Gasteiger partial charge in [0.25, 0.3) is 0 Å². The summed E-state index contributed by atoms with van der Waals surface area (Å²) >= 11 is 0. The van der Waals surface area contributed by atoms with Crippen LogP contribution in [0.2, 0.25) is 0 Å². The van der Waals surface area contributed by atoms with Crippen molar-refractivity contribution in [1.82, 2.24) is 15.5 Å². The fraction of sp³-hybridized carbons (Fsp3) is 0.682. The number of sulfone groups is 1. The van der Waals surface area contributed by atoms with E-state index in [0.717, 1.165) is 44.2 Å². The summed E-state index contributed by atoms with van der Waals surface area (Å²) in [7, 11) is 0.907. The van der Waals surface area contributed by atoms with E-state index in [1.807, 2.05) is 26.0 Å². The number of likely N-dealkylation sites (tertiary alicyclic amines) is 1. The number of methoxy groups -OCH3 is 1. The zero-order chi connectivity index (χ0) is 22.1. The highest BCUT2D eigenvalue weighted by atomic mass is 32.2. The van der Waals surface area contributed by atoms with Gasteiger partial charge in [-0.25, -0.2) is 8.42 Å². The Morgan fingerprint density at radius 1 is 1.33 bits per heavy atom. The summed E-state index contributed by atoms with van der Waals surface area (Å²) in [4.78, 5) is 7.28. The second-order valence-corrected chi connectivity index (χ2v) is 10.5. The Hall–Kier alpha value is -1.80. The summed E-state index contributed by atoms with van der Waals surface area (Å²) in [6, 6.07) is 8.70. The number of hydrogen-bond acceptors (Lipinski definition) is 5. The number of piperidine rings is 1. The van der Waals surface area contributed by atoms with E-state index in [2.05, 4.69) is 34.7 Å². The first-order valence-corrected chi connectivity index (χ1v) is 12.9. The topological polar surface area (TPSA) is 83.0 Å². The van der Waals surface area contributed by atoms with Crippen molar-refractivity contribution in [2.45, 2.75) is 45.2 Å². The van der Waals surface area contributed by atoms with Gasteiger partial charge in [0.05, 0.1) is 12.9 Å². The first-order valence-electron chi connectivity index (χ1n) is 10.8. The molecule has 8 heteroatoms. The molecule has 1 aromatic rings. The van der Waals surface area contributed by atoms with Gasteiger partial charge in [-0.2, -0.15) is 0 Å². The second kappa shape index (κ2) is 11.6. The van der Waals surface area contributed by atoms with Crippen LogP contribution in [0.3, 0.4) is 0 Å². The molecule has 30 heavy (non-hydrogen) atoms. The van der Waals surface area contributed by atoms with Crippen molar-refractivity contribution in [3.63, 3.8) is 0 Å². The van der Waals surface area contributed by atoms with E-state index >= 15 is 0 Å². The molecule has 1 saturated heterocycles. The van der Waals surface area contributed by atoms with Gasteiger partial charge in [0.1, 0.15) is 15.6 Å². The molecule has 1 aromatic carbocycles. The van der Waals surface area contributed by atoms with Gasteiger partial charge in [-0.15, -0.1) is 0 Å². The maximum atomic E-state index is 11.4. The lowest BCUT2D eigenvalue weighted by Gasteiger charge is -2.39. The summed E-state index contributed by atoms with van der Waals surface area (Å²) < 4.78 is 28.2. The molecule has 0 saturated carbocycles. The zero-order valence-electron chi connectivity index (χ0n) is 19.0. The second-order valence-electron chi connectivity index (χ2n) is 8.28. The van der Waals surface area contributed by atoms with Crippen molar-refractivity contribution in [3.05, 3.63) is 29.8 Å². The third-order valence-electron chi connectivity index (χ3n) is 5.60. The highest BCUT2D eigenvalue weighted by Crippen LogP contribution is 2.35. The Morgan fingerprint density at radius 3 is 2.63 bits per heavy atom. The van der Waals surface area contributed by atoms with E-state index in [4.69, 9.17) is 9.73 Å². The van der Waals surface area contributed by atoms with E-state index in [-0.39, 0.29) is 11.8 Å². The van der Waals surface area contributed by atoms with E-state index in [9.17, 15) is 8.42 Å². The summed E-state index contributed by atoms with van der Waals surface area (Å²) in [6.45, 7) is 6.59. The molecule has 3 atom stereocenters. The number of hydrogen-bond donors (Lipinski definition) is 2. The van der Waals surface area contributed by atoms with Crippen molar-refractivity contribution in [2.75, 3.05) is 45.8 Å². The Labute approximate surface area is 182 Å². The van der Waals surface area contributed by atoms with Gasteiger partial charge in [-0.3, -0.25) is 9.89 Å². The van der Waals surface area contributed by atoms with Gasteiger partial charge in [0.2, 0.25) is 0 Å². The van der Waals surface area contributed by atoms with Crippen LogP contribution in [0.5, 0.6) is 5.75 Å². The minimum Gasteiger partial charge on any atom is -0.497 e. The third-order valence-corrected chi connectivity index (χ3v) is 6.57. The van der Waals surface area contributed by atoms with Gasteiger partial charge in [0.15, 0.2) is 5.96 Å². The molecule has 1 aliphatic rings. The number of ether oxygens (including phenoxy) is 1. The van der Waals surface area contributed by atoms with Crippen LogP contribution in [-0.2, 0) is 9.84 Å². The predicted octanol–water partition coefficient (Wildman–Crippen LogP) is 2.46. The molecule has 0 aliphatic carbocycles. The van der Waals surface area contributed by atoms with Crippen LogP contribution in [-0.4, -0.2) is 71.1 Å². The van der Waals surface area contributed by atoms with Crippen LogP contribution in [0, 0.1) is 5.92 Å². The summed E-state index contributed by atoms with van der Waals surface area (Å²) in [6.07, 6.45) is 4.13. The van der Waals surface area contributed by atoms with Crippen LogP contribution in [0.1, 0.15) is 44.7 Å². The van der Waals surface area contributed by atoms with Crippen molar-refractivity contribution in [3.8, 4) is 5.75 Å². The number of nitrogens with zero attached hydrogens (tertiary/aromatic N) is 2. The van der Waals surface area contributed by atoms with Crippen LogP contribution >= 0.6 is 0 Å². The molecule has 2 rings (SSSR count). The van der Waals surface area contributed by atoms with E-state index in [0.29, 0.717) is 18.4 Å². The zero-order valence-corrected chi connectivity index (χ0v) is 19.8. The van der Waals surface area contributed by atoms with Crippen LogP contribution in [0.15, 0.2) is 29.3 Å². The highest BCUT2D eigenvalue weighted by molar-refractivity contribution is 7.90. The Bertz CT molecular complexity index is 780. The molecule has 170 valence electrons. The standard InChI is InChI=1S/C22H38N4O3S/c1-6-23-22(25-17(2)13-15-30(5,27)28)24-16-19-8-7-14-26(3)21(19)18-9-11-20(29-4)12-10-18/h9-12,17,19,21H,6-8,13-16H2,1-5H3,(H2,23,24,25). The minimum atomic E-state index is -2.96. The summed E-state index contributed by atoms with van der Waals surface area (Å²) in [5.74, 6) is 2.21. The molecule has 2 N–H and O–H groups in total. The maximum absolute atomic E-state index is 11.4. The first kappa shape index (κ1) is 24.5. The molecule has 0 spiro atoms. The molecule has 0 amide bonds. The van der Waals surface area contributed by atoms with Crippen molar-refractivity contribution < 1.29 is 13.2 Å². The average molecular weight is 439 g/mol. The molecular formula is C22H38N4O3S. The third kappa shape index (κ3) is 7.80. The summed E-state index contributed by atoms with van der Waals surface area (Å²) in [5, 5.41) is 6.65. The average Bonchev–Trinajstić information content (AvgIpc) is 2.70.